The summed E-state index contributed by atoms with van der Waals surface area (Å²) in [6.07, 6.45) is 6.80. The van der Waals surface area contributed by atoms with E-state index in [9.17, 15) is 0 Å². The van der Waals surface area contributed by atoms with Crippen LogP contribution in [0, 0.1) is 0 Å². The number of hydrogen-bond donors (Lipinski definition) is 2. The Balaban J connectivity index is 0.000000845. The monoisotopic (exact) mass is 233 g/mol. The topological polar surface area (TPSA) is 80.5 Å². The lowest BCUT2D eigenvalue weighted by Crippen LogP contribution is -1.92. The van der Waals surface area contributed by atoms with E-state index in [1.54, 1.807) is 24.8 Å². The predicted molar refractivity (Wildman–Crippen MR) is 58.5 cm³/mol. The molecule has 0 unspecified atom stereocenters. The van der Waals surface area contributed by atoms with E-state index < -0.39 is 0 Å². The lowest BCUT2D eigenvalue weighted by atomic mass is 10.2. The average molecular weight is 234 g/mol. The maximum Gasteiger partial charge on any atom is 0.219 e. The van der Waals surface area contributed by atoms with E-state index >= 15 is 0 Å². The number of nitrogens with one attached hydrogen (secondary N) is 1. The second-order valence-corrected chi connectivity index (χ2v) is 2.32. The number of nitrogen functional groups attached to an aromatic ring is 1. The molecule has 76 valence electrons. The van der Waals surface area contributed by atoms with Crippen LogP contribution in [0.4, 0.5) is 5.95 Å². The van der Waals surface area contributed by atoms with Crippen LogP contribution >= 0.6 is 24.8 Å². The Morgan fingerprint density at radius 1 is 1.00 bits per heavy atom. The minimum atomic E-state index is 0. The molecular weight excluding hydrogens is 225 g/mol. The van der Waals surface area contributed by atoms with E-state index in [4.69, 9.17) is 5.73 Å². The normalized spacial score (nSPS) is 8.57. The zero-order valence-corrected chi connectivity index (χ0v) is 8.68. The Hall–Kier alpha value is -1.33. The Labute approximate surface area is 93.0 Å². The van der Waals surface area contributed by atoms with Gasteiger partial charge in [0.15, 0.2) is 0 Å². The number of H-pyrrole nitrogens is 1. The number of nitrogens with zero attached hydrogens (tertiary/aromatic N) is 3. The molecule has 0 bridgehead atoms. The van der Waals surface area contributed by atoms with Crippen molar-refractivity contribution in [1.29, 1.82) is 0 Å². The summed E-state index contributed by atoms with van der Waals surface area (Å²) in [7, 11) is 0. The molecule has 2 rings (SSSR count). The summed E-state index contributed by atoms with van der Waals surface area (Å²) >= 11 is 0. The third-order valence-electron chi connectivity index (χ3n) is 1.50. The van der Waals surface area contributed by atoms with Crippen molar-refractivity contribution in [2.24, 2.45) is 0 Å². The van der Waals surface area contributed by atoms with Gasteiger partial charge in [-0.3, -0.25) is 5.10 Å². The molecule has 0 fully saturated rings. The number of aromatic nitrogens is 4. The quantitative estimate of drug-likeness (QED) is 0.779. The summed E-state index contributed by atoms with van der Waals surface area (Å²) in [5.41, 5.74) is 7.19. The van der Waals surface area contributed by atoms with Crippen LogP contribution in [0.5, 0.6) is 0 Å². The zero-order chi connectivity index (χ0) is 8.39. The lowest BCUT2D eigenvalue weighted by Gasteiger charge is -1.94. The van der Waals surface area contributed by atoms with E-state index in [1.165, 1.54) is 0 Å². The molecule has 0 aliphatic heterocycles. The van der Waals surface area contributed by atoms with Crippen LogP contribution in [0.25, 0.3) is 11.1 Å². The Bertz CT molecular complexity index is 358. The number of rotatable bonds is 1. The van der Waals surface area contributed by atoms with Crippen LogP contribution in [0.1, 0.15) is 0 Å². The maximum absolute atomic E-state index is 5.33. The molecule has 0 aliphatic carbocycles. The first-order valence-electron chi connectivity index (χ1n) is 3.43. The number of hydrogen-bond acceptors (Lipinski definition) is 4. The molecule has 0 aliphatic rings. The van der Waals surface area contributed by atoms with E-state index in [0.717, 1.165) is 11.1 Å². The van der Waals surface area contributed by atoms with Gasteiger partial charge in [0.1, 0.15) is 0 Å². The first-order chi connectivity index (χ1) is 5.86. The fourth-order valence-electron chi connectivity index (χ4n) is 0.896. The lowest BCUT2D eigenvalue weighted by molar-refractivity contribution is 1.09. The van der Waals surface area contributed by atoms with Gasteiger partial charge in [0.05, 0.1) is 6.20 Å². The smallest absolute Gasteiger partial charge is 0.219 e. The van der Waals surface area contributed by atoms with Gasteiger partial charge in [0.25, 0.3) is 0 Å². The molecule has 2 aromatic rings. The summed E-state index contributed by atoms with van der Waals surface area (Å²) < 4.78 is 0. The molecule has 2 heterocycles. The molecule has 0 spiro atoms. The molecule has 2 aromatic heterocycles. The van der Waals surface area contributed by atoms with E-state index in [0.29, 0.717) is 0 Å². The highest BCUT2D eigenvalue weighted by Gasteiger charge is 1.98. The third kappa shape index (κ3) is 2.58. The molecule has 0 aromatic carbocycles. The van der Waals surface area contributed by atoms with Crippen molar-refractivity contribution in [1.82, 2.24) is 20.2 Å². The number of nitrogens with two attached hydrogens (primary N) is 1. The fourth-order valence-corrected chi connectivity index (χ4v) is 0.896. The van der Waals surface area contributed by atoms with Crippen LogP contribution in [0.2, 0.25) is 0 Å². The van der Waals surface area contributed by atoms with Crippen molar-refractivity contribution in [3.8, 4) is 11.1 Å². The first-order valence-corrected chi connectivity index (χ1v) is 3.43. The van der Waals surface area contributed by atoms with Crippen LogP contribution in [0.15, 0.2) is 24.8 Å². The standard InChI is InChI=1S/C7H7N5.2ClH/c8-7-9-1-5(2-10-7)6-3-11-12-4-6;;/h1-4H,(H,11,12)(H2,8,9,10);2*1H. The fraction of sp³-hybridized carbons (Fsp3) is 0. The van der Waals surface area contributed by atoms with Gasteiger partial charge in [-0.15, -0.1) is 24.8 Å². The van der Waals surface area contributed by atoms with Gasteiger partial charge in [-0.2, -0.15) is 5.10 Å². The molecule has 7 heteroatoms. The van der Waals surface area contributed by atoms with Crippen molar-refractivity contribution < 1.29 is 0 Å². The molecule has 0 amide bonds. The van der Waals surface area contributed by atoms with Gasteiger partial charge in [0, 0.05) is 29.7 Å². The van der Waals surface area contributed by atoms with Gasteiger partial charge in [-0.1, -0.05) is 0 Å². The summed E-state index contributed by atoms with van der Waals surface area (Å²) in [6.45, 7) is 0. The predicted octanol–water partition coefficient (Wildman–Crippen LogP) is 1.29. The highest BCUT2D eigenvalue weighted by molar-refractivity contribution is 5.85. The van der Waals surface area contributed by atoms with E-state index in [2.05, 4.69) is 20.2 Å². The summed E-state index contributed by atoms with van der Waals surface area (Å²) in [6, 6.07) is 0. The molecule has 5 nitrogen and oxygen atoms in total. The van der Waals surface area contributed by atoms with Gasteiger partial charge < -0.3 is 5.73 Å². The van der Waals surface area contributed by atoms with Gasteiger partial charge in [-0.25, -0.2) is 9.97 Å². The summed E-state index contributed by atoms with van der Waals surface area (Å²) in [5.74, 6) is 0.280. The van der Waals surface area contributed by atoms with Crippen molar-refractivity contribution in [2.45, 2.75) is 0 Å². The molecule has 14 heavy (non-hydrogen) atoms. The number of anilines is 1. The molecule has 0 radical (unpaired) electrons. The second-order valence-electron chi connectivity index (χ2n) is 2.32. The SMILES string of the molecule is Cl.Cl.Nc1ncc(-c2cn[nH]c2)cn1. The van der Waals surface area contributed by atoms with Crippen molar-refractivity contribution in [2.75, 3.05) is 5.73 Å². The minimum Gasteiger partial charge on any atom is -0.368 e. The number of halogens is 2. The molecule has 0 atom stereocenters. The third-order valence-corrected chi connectivity index (χ3v) is 1.50. The minimum absolute atomic E-state index is 0. The molecule has 3 N–H and O–H groups in total. The molecular formula is C7H9Cl2N5. The van der Waals surface area contributed by atoms with Crippen LogP contribution in [-0.2, 0) is 0 Å². The average Bonchev–Trinajstić information content (AvgIpc) is 2.58. The van der Waals surface area contributed by atoms with Gasteiger partial charge >= 0.3 is 0 Å². The Morgan fingerprint density at radius 3 is 2.14 bits per heavy atom. The maximum atomic E-state index is 5.33. The Kier molecular flexibility index (Phi) is 4.90. The van der Waals surface area contributed by atoms with Gasteiger partial charge in [-0.05, 0) is 0 Å². The highest BCUT2D eigenvalue weighted by atomic mass is 35.5. The van der Waals surface area contributed by atoms with E-state index in [-0.39, 0.29) is 30.8 Å². The van der Waals surface area contributed by atoms with Crippen molar-refractivity contribution in [3.05, 3.63) is 24.8 Å². The summed E-state index contributed by atoms with van der Waals surface area (Å²) in [5, 5.41) is 6.52. The van der Waals surface area contributed by atoms with E-state index in [1.807, 2.05) is 0 Å². The highest BCUT2D eigenvalue weighted by Crippen LogP contribution is 2.14. The molecule has 0 saturated heterocycles. The summed E-state index contributed by atoms with van der Waals surface area (Å²) in [4.78, 5) is 7.72. The Morgan fingerprint density at radius 2 is 1.64 bits per heavy atom. The molecule has 0 saturated carbocycles. The van der Waals surface area contributed by atoms with Gasteiger partial charge in [0.2, 0.25) is 5.95 Å². The largest absolute Gasteiger partial charge is 0.368 e. The first kappa shape index (κ1) is 12.7. The van der Waals surface area contributed by atoms with Crippen molar-refractivity contribution >= 4 is 30.8 Å². The number of aromatic amines is 1. The van der Waals surface area contributed by atoms with Crippen molar-refractivity contribution in [3.63, 3.8) is 0 Å². The van der Waals surface area contributed by atoms with Crippen LogP contribution in [0.3, 0.4) is 0 Å². The van der Waals surface area contributed by atoms with Crippen LogP contribution in [-0.4, -0.2) is 20.2 Å². The second kappa shape index (κ2) is 5.41. The zero-order valence-electron chi connectivity index (χ0n) is 7.04. The van der Waals surface area contributed by atoms with Crippen LogP contribution < -0.4 is 5.73 Å².